The predicted molar refractivity (Wildman–Crippen MR) is 74.1 cm³/mol. The fourth-order valence-electron chi connectivity index (χ4n) is 1.24. The minimum Gasteiger partial charge on any atom is -0.479 e. The van der Waals surface area contributed by atoms with Crippen LogP contribution in [0.2, 0.25) is 10.0 Å². The fourth-order valence-corrected chi connectivity index (χ4v) is 1.69. The summed E-state index contributed by atoms with van der Waals surface area (Å²) in [6.45, 7) is 1.18. The van der Waals surface area contributed by atoms with Crippen molar-refractivity contribution in [3.8, 4) is 5.75 Å². The van der Waals surface area contributed by atoms with Gasteiger partial charge in [-0.25, -0.2) is 5.06 Å². The molecule has 1 atom stereocenters. The Labute approximate surface area is 126 Å². The van der Waals surface area contributed by atoms with Crippen molar-refractivity contribution >= 4 is 35.0 Å². The van der Waals surface area contributed by atoms with E-state index in [1.165, 1.54) is 20.0 Å². The van der Waals surface area contributed by atoms with Crippen molar-refractivity contribution in [2.45, 2.75) is 13.0 Å². The van der Waals surface area contributed by atoms with Crippen molar-refractivity contribution in [3.63, 3.8) is 0 Å². The highest BCUT2D eigenvalue weighted by Gasteiger charge is 2.17. The highest BCUT2D eigenvalue weighted by Crippen LogP contribution is 2.28. The number of carbonyl (C=O) groups is 2. The average Bonchev–Trinajstić information content (AvgIpc) is 2.38. The third-order valence-electron chi connectivity index (χ3n) is 2.34. The molecule has 0 aliphatic carbocycles. The number of rotatable bonds is 5. The minimum absolute atomic E-state index is 0.281. The Bertz CT molecular complexity index is 508. The monoisotopic (exact) mass is 320 g/mol. The molecule has 8 heteroatoms. The number of likely N-dealkylation sites (N-methyl/N-ethyl adjacent to an activating group) is 1. The Balaban J connectivity index is 2.55. The molecule has 1 aromatic carbocycles. The summed E-state index contributed by atoms with van der Waals surface area (Å²) in [5.41, 5.74) is 0. The summed E-state index contributed by atoms with van der Waals surface area (Å²) in [4.78, 5) is 22.8. The number of ether oxygens (including phenoxy) is 1. The Kier molecular flexibility index (Phi) is 6.06. The van der Waals surface area contributed by atoms with Gasteiger partial charge in [0.15, 0.2) is 6.10 Å². The number of hydroxylamine groups is 2. The van der Waals surface area contributed by atoms with Gasteiger partial charge in [0.2, 0.25) is 0 Å². The third kappa shape index (κ3) is 4.88. The Morgan fingerprint density at radius 2 is 2.10 bits per heavy atom. The van der Waals surface area contributed by atoms with Crippen LogP contribution in [0.1, 0.15) is 6.92 Å². The van der Waals surface area contributed by atoms with Gasteiger partial charge in [-0.1, -0.05) is 23.2 Å². The van der Waals surface area contributed by atoms with Gasteiger partial charge in [-0.3, -0.25) is 14.8 Å². The number of hydrogen-bond acceptors (Lipinski definition) is 4. The lowest BCUT2D eigenvalue weighted by molar-refractivity contribution is -0.158. The number of amides is 2. The Morgan fingerprint density at radius 3 is 2.65 bits per heavy atom. The second kappa shape index (κ2) is 7.33. The first-order chi connectivity index (χ1) is 9.31. The molecule has 0 saturated heterocycles. The molecule has 6 nitrogen and oxygen atoms in total. The van der Waals surface area contributed by atoms with Crippen LogP contribution < -0.4 is 10.1 Å². The summed E-state index contributed by atoms with van der Waals surface area (Å²) in [6, 6.07) is 4.62. The van der Waals surface area contributed by atoms with Crippen LogP contribution in [0.3, 0.4) is 0 Å². The van der Waals surface area contributed by atoms with Crippen molar-refractivity contribution in [2.75, 3.05) is 13.6 Å². The summed E-state index contributed by atoms with van der Waals surface area (Å²) in [7, 11) is 1.17. The second-order valence-electron chi connectivity index (χ2n) is 3.97. The van der Waals surface area contributed by atoms with Gasteiger partial charge in [0.25, 0.3) is 11.8 Å². The lowest BCUT2D eigenvalue weighted by atomic mass is 10.3. The first-order valence-electron chi connectivity index (χ1n) is 5.66. The van der Waals surface area contributed by atoms with Crippen LogP contribution in [0.15, 0.2) is 18.2 Å². The smallest absolute Gasteiger partial charge is 0.265 e. The normalized spacial score (nSPS) is 11.7. The highest BCUT2D eigenvalue weighted by molar-refractivity contribution is 6.35. The van der Waals surface area contributed by atoms with Crippen LogP contribution in [-0.2, 0) is 9.59 Å². The zero-order valence-corrected chi connectivity index (χ0v) is 12.4. The van der Waals surface area contributed by atoms with Crippen LogP contribution in [0.5, 0.6) is 5.75 Å². The molecule has 0 bridgehead atoms. The minimum atomic E-state index is -0.856. The molecule has 0 aliphatic rings. The molecule has 0 aliphatic heterocycles. The largest absolute Gasteiger partial charge is 0.479 e. The lowest BCUT2D eigenvalue weighted by Gasteiger charge is -2.16. The molecule has 1 rings (SSSR count). The zero-order valence-electron chi connectivity index (χ0n) is 10.9. The Morgan fingerprint density at radius 1 is 1.45 bits per heavy atom. The van der Waals surface area contributed by atoms with E-state index in [0.29, 0.717) is 15.8 Å². The van der Waals surface area contributed by atoms with Crippen molar-refractivity contribution in [2.24, 2.45) is 0 Å². The molecule has 20 heavy (non-hydrogen) atoms. The summed E-state index contributed by atoms with van der Waals surface area (Å²) >= 11 is 11.7. The maximum absolute atomic E-state index is 11.7. The van der Waals surface area contributed by atoms with Gasteiger partial charge in [0.05, 0.1) is 11.6 Å². The molecule has 110 valence electrons. The van der Waals surface area contributed by atoms with Crippen LogP contribution in [-0.4, -0.2) is 41.8 Å². The van der Waals surface area contributed by atoms with E-state index in [1.54, 1.807) is 12.1 Å². The van der Waals surface area contributed by atoms with Gasteiger partial charge in [0, 0.05) is 12.1 Å². The molecule has 0 radical (unpaired) electrons. The van der Waals surface area contributed by atoms with Crippen molar-refractivity contribution in [3.05, 3.63) is 28.2 Å². The molecule has 2 amide bonds. The van der Waals surface area contributed by atoms with Crippen LogP contribution in [0, 0.1) is 0 Å². The van der Waals surface area contributed by atoms with E-state index in [9.17, 15) is 9.59 Å². The van der Waals surface area contributed by atoms with Gasteiger partial charge in [0.1, 0.15) is 5.75 Å². The van der Waals surface area contributed by atoms with E-state index >= 15 is 0 Å². The molecular weight excluding hydrogens is 307 g/mol. The van der Waals surface area contributed by atoms with E-state index in [2.05, 4.69) is 5.32 Å². The van der Waals surface area contributed by atoms with Crippen LogP contribution in [0.25, 0.3) is 0 Å². The van der Waals surface area contributed by atoms with Crippen molar-refractivity contribution in [1.82, 2.24) is 10.4 Å². The molecule has 2 N–H and O–H groups in total. The summed E-state index contributed by atoms with van der Waals surface area (Å²) in [5.74, 6) is -0.842. The number of carbonyl (C=O) groups excluding carboxylic acids is 2. The van der Waals surface area contributed by atoms with E-state index in [0.717, 1.165) is 0 Å². The number of halogens is 2. The van der Waals surface area contributed by atoms with E-state index in [1.807, 2.05) is 0 Å². The van der Waals surface area contributed by atoms with Crippen LogP contribution in [0.4, 0.5) is 0 Å². The second-order valence-corrected chi connectivity index (χ2v) is 4.81. The predicted octanol–water partition coefficient (Wildman–Crippen LogP) is 1.72. The van der Waals surface area contributed by atoms with Gasteiger partial charge < -0.3 is 10.1 Å². The number of nitrogens with one attached hydrogen (secondary N) is 1. The molecule has 0 saturated carbocycles. The quantitative estimate of drug-likeness (QED) is 0.639. The number of hydrogen-bond donors (Lipinski definition) is 2. The topological polar surface area (TPSA) is 78.9 Å². The van der Waals surface area contributed by atoms with Gasteiger partial charge in [-0.15, -0.1) is 0 Å². The number of nitrogens with zero attached hydrogens (tertiary/aromatic N) is 1. The third-order valence-corrected chi connectivity index (χ3v) is 2.87. The molecule has 0 fully saturated rings. The molecule has 0 aromatic heterocycles. The molecule has 1 aromatic rings. The molecule has 0 spiro atoms. The van der Waals surface area contributed by atoms with E-state index in [4.69, 9.17) is 33.1 Å². The zero-order chi connectivity index (χ0) is 15.3. The van der Waals surface area contributed by atoms with Gasteiger partial charge in [-0.2, -0.15) is 0 Å². The van der Waals surface area contributed by atoms with E-state index < -0.39 is 17.9 Å². The van der Waals surface area contributed by atoms with Gasteiger partial charge >= 0.3 is 0 Å². The SMILES string of the molecule is CC(Oc1ccc(Cl)cc1Cl)C(=O)NCC(=O)N(C)O. The molecule has 0 heterocycles. The lowest BCUT2D eigenvalue weighted by Crippen LogP contribution is -2.42. The van der Waals surface area contributed by atoms with E-state index in [-0.39, 0.29) is 11.6 Å². The first-order valence-corrected chi connectivity index (χ1v) is 6.41. The summed E-state index contributed by atoms with van der Waals surface area (Å²) < 4.78 is 5.36. The Hall–Kier alpha value is -1.50. The first kappa shape index (κ1) is 16.6. The van der Waals surface area contributed by atoms with Crippen LogP contribution >= 0.6 is 23.2 Å². The maximum Gasteiger partial charge on any atom is 0.265 e. The summed E-state index contributed by atoms with van der Waals surface area (Å²) in [5, 5.41) is 12.3. The summed E-state index contributed by atoms with van der Waals surface area (Å²) in [6.07, 6.45) is -0.856. The standard InChI is InChI=1S/C12H14Cl2N2O4/c1-7(12(18)15-6-11(17)16(2)19)20-10-4-3-8(13)5-9(10)14/h3-5,7,19H,6H2,1-2H3,(H,15,18). The maximum atomic E-state index is 11.7. The fraction of sp³-hybridized carbons (Fsp3) is 0.333. The number of benzene rings is 1. The van der Waals surface area contributed by atoms with Gasteiger partial charge in [-0.05, 0) is 25.1 Å². The average molecular weight is 321 g/mol. The van der Waals surface area contributed by atoms with Crippen molar-refractivity contribution in [1.29, 1.82) is 0 Å². The highest BCUT2D eigenvalue weighted by atomic mass is 35.5. The molecular formula is C12H14Cl2N2O4. The van der Waals surface area contributed by atoms with Crippen molar-refractivity contribution < 1.29 is 19.5 Å². The molecule has 1 unspecified atom stereocenters.